The molecule has 0 unspecified atom stereocenters. The Hall–Kier alpha value is -3.25. The lowest BCUT2D eigenvalue weighted by atomic mass is 9.91. The molecule has 0 aromatic carbocycles. The normalized spacial score (nSPS) is 19.1. The number of nitriles is 1. The van der Waals surface area contributed by atoms with Gasteiger partial charge in [0, 0.05) is 39.4 Å². The van der Waals surface area contributed by atoms with Crippen LogP contribution >= 0.6 is 0 Å². The second-order valence-electron chi connectivity index (χ2n) is 8.96. The Balaban J connectivity index is 1.88. The molecule has 2 aromatic heterocycles. The molecule has 0 bridgehead atoms. The van der Waals surface area contributed by atoms with Crippen LogP contribution in [0.4, 0.5) is 0 Å². The maximum atomic E-state index is 13.6. The molecule has 0 saturated carbocycles. The molecule has 2 aromatic rings. The molecule has 2 aliphatic rings. The van der Waals surface area contributed by atoms with Crippen LogP contribution in [0.25, 0.3) is 16.7 Å². The number of pyridine rings is 1. The molecule has 4 heterocycles. The van der Waals surface area contributed by atoms with Gasteiger partial charge in [0.2, 0.25) is 5.91 Å². The number of hydrogen-bond acceptors (Lipinski definition) is 6. The number of rotatable bonds is 4. The summed E-state index contributed by atoms with van der Waals surface area (Å²) < 4.78 is 1.82. The Labute approximate surface area is 187 Å². The van der Waals surface area contributed by atoms with Crippen molar-refractivity contribution >= 4 is 28.5 Å². The average Bonchev–Trinajstić information content (AvgIpc) is 3.22. The highest BCUT2D eigenvalue weighted by molar-refractivity contribution is 6.04. The summed E-state index contributed by atoms with van der Waals surface area (Å²) in [6.07, 6.45) is 7.95. The van der Waals surface area contributed by atoms with E-state index in [0.29, 0.717) is 37.4 Å². The molecule has 0 radical (unpaired) electrons. The summed E-state index contributed by atoms with van der Waals surface area (Å²) in [4.78, 5) is 40.2. The third kappa shape index (κ3) is 3.86. The van der Waals surface area contributed by atoms with Crippen LogP contribution in [0, 0.1) is 11.3 Å². The van der Waals surface area contributed by atoms with E-state index in [2.05, 4.69) is 16.0 Å². The first kappa shape index (κ1) is 22.0. The molecule has 0 aliphatic carbocycles. The van der Waals surface area contributed by atoms with E-state index in [0.717, 1.165) is 24.8 Å². The molecule has 0 N–H and O–H groups in total. The summed E-state index contributed by atoms with van der Waals surface area (Å²) in [6.45, 7) is 6.69. The fourth-order valence-corrected chi connectivity index (χ4v) is 4.61. The van der Waals surface area contributed by atoms with Crippen LogP contribution in [0.3, 0.4) is 0 Å². The van der Waals surface area contributed by atoms with Gasteiger partial charge >= 0.3 is 0 Å². The minimum atomic E-state index is -0.773. The maximum Gasteiger partial charge on any atom is 0.266 e. The van der Waals surface area contributed by atoms with Crippen molar-refractivity contribution in [2.75, 3.05) is 39.8 Å². The molecule has 4 rings (SSSR count). The minimum absolute atomic E-state index is 0.0178. The number of piperazine rings is 1. The lowest BCUT2D eigenvalue weighted by Gasteiger charge is -2.44. The number of imidazole rings is 1. The number of aromatic nitrogens is 3. The van der Waals surface area contributed by atoms with Crippen LogP contribution in [-0.4, -0.2) is 86.4 Å². The van der Waals surface area contributed by atoms with E-state index in [1.54, 1.807) is 35.6 Å². The first-order chi connectivity index (χ1) is 15.3. The summed E-state index contributed by atoms with van der Waals surface area (Å²) >= 11 is 0. The van der Waals surface area contributed by atoms with Gasteiger partial charge in [-0.1, -0.05) is 0 Å². The quantitative estimate of drug-likeness (QED) is 0.536. The van der Waals surface area contributed by atoms with E-state index in [9.17, 15) is 14.9 Å². The number of fused-ring (bicyclic) bond motifs is 1. The molecular weight excluding hydrogens is 406 g/mol. The molecule has 2 fully saturated rings. The summed E-state index contributed by atoms with van der Waals surface area (Å²) in [6, 6.07) is 4.05. The highest BCUT2D eigenvalue weighted by atomic mass is 16.2. The SMILES string of the molecule is CN1CCN(C(C)(C)C(=C(C#N)C(=O)N2CCCCC2)n2cnc3cnccc32)CC1=O. The summed E-state index contributed by atoms with van der Waals surface area (Å²) in [5, 5.41) is 10.2. The van der Waals surface area contributed by atoms with Crippen molar-refractivity contribution in [3.05, 3.63) is 30.4 Å². The number of hydrogen-bond donors (Lipinski definition) is 0. The number of carbonyl (C=O) groups excluding carboxylic acids is 2. The molecule has 2 saturated heterocycles. The summed E-state index contributed by atoms with van der Waals surface area (Å²) in [5.41, 5.74) is 1.31. The molecular formula is C23H29N7O2. The molecule has 0 spiro atoms. The molecule has 32 heavy (non-hydrogen) atoms. The van der Waals surface area contributed by atoms with Crippen molar-refractivity contribution in [2.45, 2.75) is 38.6 Å². The van der Waals surface area contributed by atoms with Crippen LogP contribution in [-0.2, 0) is 9.59 Å². The predicted octanol–water partition coefficient (Wildman–Crippen LogP) is 1.73. The van der Waals surface area contributed by atoms with Gasteiger partial charge in [-0.25, -0.2) is 4.98 Å². The lowest BCUT2D eigenvalue weighted by molar-refractivity contribution is -0.136. The van der Waals surface area contributed by atoms with Crippen LogP contribution in [0.1, 0.15) is 33.1 Å². The third-order valence-corrected chi connectivity index (χ3v) is 6.62. The second-order valence-corrected chi connectivity index (χ2v) is 8.96. The zero-order valence-electron chi connectivity index (χ0n) is 18.9. The van der Waals surface area contributed by atoms with Gasteiger partial charge in [-0.3, -0.25) is 24.0 Å². The van der Waals surface area contributed by atoms with Gasteiger partial charge < -0.3 is 9.80 Å². The van der Waals surface area contributed by atoms with E-state index >= 15 is 0 Å². The summed E-state index contributed by atoms with van der Waals surface area (Å²) in [5.74, 6) is -0.240. The first-order valence-electron chi connectivity index (χ1n) is 11.0. The van der Waals surface area contributed by atoms with E-state index in [1.165, 1.54) is 0 Å². The van der Waals surface area contributed by atoms with Crippen LogP contribution in [0.2, 0.25) is 0 Å². The number of likely N-dealkylation sites (N-methyl/N-ethyl adjacent to an activating group) is 1. The van der Waals surface area contributed by atoms with Crippen LogP contribution < -0.4 is 0 Å². The van der Waals surface area contributed by atoms with Crippen molar-refractivity contribution in [2.24, 2.45) is 0 Å². The zero-order chi connectivity index (χ0) is 22.9. The smallest absolute Gasteiger partial charge is 0.266 e. The highest BCUT2D eigenvalue weighted by Gasteiger charge is 2.40. The van der Waals surface area contributed by atoms with Crippen LogP contribution in [0.5, 0.6) is 0 Å². The van der Waals surface area contributed by atoms with Gasteiger partial charge in [0.05, 0.1) is 29.5 Å². The third-order valence-electron chi connectivity index (χ3n) is 6.62. The molecule has 2 aliphatic heterocycles. The Morgan fingerprint density at radius 2 is 1.91 bits per heavy atom. The van der Waals surface area contributed by atoms with Gasteiger partial charge in [-0.15, -0.1) is 0 Å². The fraction of sp³-hybridized carbons (Fsp3) is 0.522. The highest BCUT2D eigenvalue weighted by Crippen LogP contribution is 2.34. The average molecular weight is 436 g/mol. The van der Waals surface area contributed by atoms with Gasteiger partial charge in [0.25, 0.3) is 5.91 Å². The fourth-order valence-electron chi connectivity index (χ4n) is 4.61. The first-order valence-corrected chi connectivity index (χ1v) is 11.0. The number of likely N-dealkylation sites (tertiary alicyclic amines) is 1. The zero-order valence-corrected chi connectivity index (χ0v) is 18.9. The molecule has 168 valence electrons. The van der Waals surface area contributed by atoms with Gasteiger partial charge in [0.15, 0.2) is 0 Å². The maximum absolute atomic E-state index is 13.6. The van der Waals surface area contributed by atoms with Crippen molar-refractivity contribution in [3.8, 4) is 6.07 Å². The minimum Gasteiger partial charge on any atom is -0.343 e. The van der Waals surface area contributed by atoms with Gasteiger partial charge in [0.1, 0.15) is 23.5 Å². The van der Waals surface area contributed by atoms with Crippen molar-refractivity contribution in [3.63, 3.8) is 0 Å². The van der Waals surface area contributed by atoms with Gasteiger partial charge in [-0.2, -0.15) is 5.26 Å². The second kappa shape index (κ2) is 8.71. The van der Waals surface area contributed by atoms with E-state index < -0.39 is 5.54 Å². The number of piperidine rings is 1. The number of amides is 2. The Kier molecular flexibility index (Phi) is 5.98. The Morgan fingerprint density at radius 3 is 2.59 bits per heavy atom. The van der Waals surface area contributed by atoms with Crippen molar-refractivity contribution in [1.29, 1.82) is 5.26 Å². The Bertz CT molecular complexity index is 1100. The van der Waals surface area contributed by atoms with E-state index in [1.807, 2.05) is 29.4 Å². The summed E-state index contributed by atoms with van der Waals surface area (Å²) in [7, 11) is 1.79. The predicted molar refractivity (Wildman–Crippen MR) is 120 cm³/mol. The molecule has 0 atom stereocenters. The van der Waals surface area contributed by atoms with E-state index in [4.69, 9.17) is 0 Å². The molecule has 2 amide bonds. The molecule has 9 nitrogen and oxygen atoms in total. The van der Waals surface area contributed by atoms with Crippen molar-refractivity contribution in [1.82, 2.24) is 29.2 Å². The van der Waals surface area contributed by atoms with Crippen molar-refractivity contribution < 1.29 is 9.59 Å². The van der Waals surface area contributed by atoms with Gasteiger partial charge in [-0.05, 0) is 39.2 Å². The molecule has 9 heteroatoms. The monoisotopic (exact) mass is 435 g/mol. The largest absolute Gasteiger partial charge is 0.343 e. The number of nitrogens with zero attached hydrogens (tertiary/aromatic N) is 7. The van der Waals surface area contributed by atoms with E-state index in [-0.39, 0.29) is 23.9 Å². The van der Waals surface area contributed by atoms with Crippen LogP contribution in [0.15, 0.2) is 30.4 Å². The lowest BCUT2D eigenvalue weighted by Crippen LogP contribution is -2.57. The Morgan fingerprint density at radius 1 is 1.16 bits per heavy atom. The number of carbonyl (C=O) groups is 2. The topological polar surface area (TPSA) is 98.4 Å². The standard InChI is InChI=1S/C23H29N7O2/c1-23(2,29-12-11-27(3)20(31)15-29)21(30-16-26-18-14-25-8-7-19(18)30)17(13-24)22(32)28-9-5-4-6-10-28/h7-8,14,16H,4-6,9-12,15H2,1-3H3.